The first-order valence-corrected chi connectivity index (χ1v) is 7.79. The number of carbonyl (C=O) groups excluding carboxylic acids is 1. The summed E-state index contributed by atoms with van der Waals surface area (Å²) < 4.78 is 0. The molecule has 0 aliphatic heterocycles. The Bertz CT molecular complexity index is 714. The van der Waals surface area contributed by atoms with Crippen LogP contribution in [-0.4, -0.2) is 29.5 Å². The summed E-state index contributed by atoms with van der Waals surface area (Å²) in [5, 5.41) is 30.5. The van der Waals surface area contributed by atoms with Gasteiger partial charge in [0.15, 0.2) is 0 Å². The summed E-state index contributed by atoms with van der Waals surface area (Å²) in [6, 6.07) is 5.81. The van der Waals surface area contributed by atoms with E-state index in [0.717, 1.165) is 5.56 Å². The lowest BCUT2D eigenvalue weighted by atomic mass is 9.99. The van der Waals surface area contributed by atoms with E-state index >= 15 is 0 Å². The summed E-state index contributed by atoms with van der Waals surface area (Å²) in [4.78, 5) is 22.2. The van der Waals surface area contributed by atoms with E-state index in [4.69, 9.17) is 0 Å². The average molecular weight is 335 g/mol. The Morgan fingerprint density at radius 3 is 2.74 bits per heavy atom. The number of aliphatic hydroxyl groups is 1. The van der Waals surface area contributed by atoms with Gasteiger partial charge in [-0.25, -0.2) is 0 Å². The number of nitro groups is 1. The zero-order valence-electron chi connectivity index (χ0n) is 12.7. The van der Waals surface area contributed by atoms with E-state index in [1.165, 1.54) is 36.6 Å². The Morgan fingerprint density at radius 2 is 2.17 bits per heavy atom. The first kappa shape index (κ1) is 16.9. The van der Waals surface area contributed by atoms with E-state index in [1.807, 2.05) is 16.8 Å². The number of anilines is 1. The number of nitro benzene ring substituents is 1. The fourth-order valence-electron chi connectivity index (χ4n) is 2.06. The molecule has 0 fully saturated rings. The van der Waals surface area contributed by atoms with Gasteiger partial charge < -0.3 is 15.7 Å². The molecule has 1 amide bonds. The van der Waals surface area contributed by atoms with Gasteiger partial charge in [0.25, 0.3) is 11.6 Å². The lowest BCUT2D eigenvalue weighted by Crippen LogP contribution is -2.31. The van der Waals surface area contributed by atoms with Crippen LogP contribution in [0.4, 0.5) is 11.4 Å². The minimum absolute atomic E-state index is 0.155. The van der Waals surface area contributed by atoms with Crippen molar-refractivity contribution in [3.05, 3.63) is 56.3 Å². The highest BCUT2D eigenvalue weighted by atomic mass is 32.1. The molecule has 122 valence electrons. The topological polar surface area (TPSA) is 104 Å². The van der Waals surface area contributed by atoms with Gasteiger partial charge in [0.05, 0.1) is 10.5 Å². The summed E-state index contributed by atoms with van der Waals surface area (Å²) in [6.07, 6.45) is 0. The van der Waals surface area contributed by atoms with Crippen LogP contribution in [0.2, 0.25) is 0 Å². The molecular formula is C15H17N3O4S. The number of amides is 1. The third-order valence-corrected chi connectivity index (χ3v) is 4.14. The van der Waals surface area contributed by atoms with Crippen molar-refractivity contribution in [2.24, 2.45) is 0 Å². The summed E-state index contributed by atoms with van der Waals surface area (Å²) in [6.45, 7) is 1.82. The number of thiophene rings is 1. The van der Waals surface area contributed by atoms with Gasteiger partial charge >= 0.3 is 0 Å². The third-order valence-electron chi connectivity index (χ3n) is 3.45. The van der Waals surface area contributed by atoms with Crippen molar-refractivity contribution >= 4 is 28.6 Å². The number of benzene rings is 1. The first-order chi connectivity index (χ1) is 10.8. The Morgan fingerprint density at radius 1 is 1.43 bits per heavy atom. The molecule has 1 aromatic heterocycles. The molecule has 0 aliphatic carbocycles. The first-order valence-electron chi connectivity index (χ1n) is 6.84. The number of rotatable bonds is 6. The normalized spacial score (nSPS) is 13.2. The molecular weight excluding hydrogens is 318 g/mol. The van der Waals surface area contributed by atoms with Crippen LogP contribution >= 0.6 is 11.3 Å². The molecule has 0 radical (unpaired) electrons. The molecule has 0 bridgehead atoms. The van der Waals surface area contributed by atoms with E-state index in [9.17, 15) is 20.0 Å². The van der Waals surface area contributed by atoms with Gasteiger partial charge in [-0.1, -0.05) is 0 Å². The fraction of sp³-hybridized carbons (Fsp3) is 0.267. The molecule has 2 rings (SSSR count). The summed E-state index contributed by atoms with van der Waals surface area (Å²) >= 11 is 1.48. The van der Waals surface area contributed by atoms with Crippen molar-refractivity contribution in [3.63, 3.8) is 0 Å². The standard InChI is InChI=1S/C15H17N3O4S/c1-15(20,10-5-6-23-8-10)9-17-13-4-3-11(18(21)22)7-12(13)14(19)16-2/h3-8,17,20H,9H2,1-2H3,(H,16,19). The summed E-state index contributed by atoms with van der Waals surface area (Å²) in [7, 11) is 1.45. The van der Waals surface area contributed by atoms with Crippen molar-refractivity contribution in [2.75, 3.05) is 18.9 Å². The van der Waals surface area contributed by atoms with E-state index < -0.39 is 16.4 Å². The van der Waals surface area contributed by atoms with Crippen LogP contribution in [0.5, 0.6) is 0 Å². The number of nitrogens with one attached hydrogen (secondary N) is 2. The number of hydrogen-bond donors (Lipinski definition) is 3. The van der Waals surface area contributed by atoms with E-state index in [2.05, 4.69) is 10.6 Å². The highest BCUT2D eigenvalue weighted by Gasteiger charge is 2.24. The Hall–Kier alpha value is -2.45. The molecule has 1 atom stereocenters. The van der Waals surface area contributed by atoms with Crippen LogP contribution in [-0.2, 0) is 5.60 Å². The maximum absolute atomic E-state index is 11.9. The van der Waals surface area contributed by atoms with Gasteiger partial charge in [-0.15, -0.1) is 0 Å². The molecule has 0 saturated carbocycles. The predicted molar refractivity (Wildman–Crippen MR) is 88.9 cm³/mol. The molecule has 0 saturated heterocycles. The quantitative estimate of drug-likeness (QED) is 0.555. The second-order valence-corrected chi connectivity index (χ2v) is 5.99. The van der Waals surface area contributed by atoms with Gasteiger partial charge in [0, 0.05) is 31.4 Å². The average Bonchev–Trinajstić information content (AvgIpc) is 3.07. The molecule has 0 aliphatic rings. The van der Waals surface area contributed by atoms with Crippen LogP contribution in [0.25, 0.3) is 0 Å². The highest BCUT2D eigenvalue weighted by molar-refractivity contribution is 7.08. The summed E-state index contributed by atoms with van der Waals surface area (Å²) in [5.74, 6) is -0.439. The number of hydrogen-bond acceptors (Lipinski definition) is 6. The predicted octanol–water partition coefficient (Wildman–Crippen LogP) is 2.34. The number of nitrogens with zero attached hydrogens (tertiary/aromatic N) is 1. The Balaban J connectivity index is 2.25. The third kappa shape index (κ3) is 3.85. The molecule has 2 aromatic rings. The van der Waals surface area contributed by atoms with Crippen molar-refractivity contribution in [2.45, 2.75) is 12.5 Å². The van der Waals surface area contributed by atoms with Crippen molar-refractivity contribution in [1.82, 2.24) is 5.32 Å². The van der Waals surface area contributed by atoms with Crippen molar-refractivity contribution < 1.29 is 14.8 Å². The van der Waals surface area contributed by atoms with Crippen LogP contribution in [0.15, 0.2) is 35.0 Å². The van der Waals surface area contributed by atoms with Gasteiger partial charge in [-0.05, 0) is 35.4 Å². The van der Waals surface area contributed by atoms with Gasteiger partial charge in [-0.3, -0.25) is 14.9 Å². The van der Waals surface area contributed by atoms with Gasteiger partial charge in [-0.2, -0.15) is 11.3 Å². The molecule has 3 N–H and O–H groups in total. The van der Waals surface area contributed by atoms with Crippen molar-refractivity contribution in [1.29, 1.82) is 0 Å². The Labute approximate surface area is 137 Å². The van der Waals surface area contributed by atoms with Crippen LogP contribution in [0, 0.1) is 10.1 Å². The van der Waals surface area contributed by atoms with Crippen molar-refractivity contribution in [3.8, 4) is 0 Å². The number of carbonyl (C=O) groups is 1. The highest BCUT2D eigenvalue weighted by Crippen LogP contribution is 2.26. The van der Waals surface area contributed by atoms with Gasteiger partial charge in [0.1, 0.15) is 5.60 Å². The van der Waals surface area contributed by atoms with E-state index in [-0.39, 0.29) is 17.8 Å². The fourth-order valence-corrected chi connectivity index (χ4v) is 2.85. The largest absolute Gasteiger partial charge is 0.384 e. The summed E-state index contributed by atoms with van der Waals surface area (Å²) in [5.41, 5.74) is 0.0484. The second-order valence-electron chi connectivity index (χ2n) is 5.21. The van der Waals surface area contributed by atoms with Crippen LogP contribution < -0.4 is 10.6 Å². The monoisotopic (exact) mass is 335 g/mol. The molecule has 7 nitrogen and oxygen atoms in total. The lowest BCUT2D eigenvalue weighted by Gasteiger charge is -2.24. The molecule has 1 aromatic carbocycles. The smallest absolute Gasteiger partial charge is 0.270 e. The minimum atomic E-state index is -1.12. The SMILES string of the molecule is CNC(=O)c1cc([N+](=O)[O-])ccc1NCC(C)(O)c1ccsc1. The lowest BCUT2D eigenvalue weighted by molar-refractivity contribution is -0.384. The zero-order valence-corrected chi connectivity index (χ0v) is 13.5. The minimum Gasteiger partial charge on any atom is -0.384 e. The van der Waals surface area contributed by atoms with Crippen LogP contribution in [0.1, 0.15) is 22.8 Å². The molecule has 8 heteroatoms. The zero-order chi connectivity index (χ0) is 17.0. The maximum atomic E-state index is 11.9. The molecule has 1 unspecified atom stereocenters. The van der Waals surface area contributed by atoms with Crippen LogP contribution in [0.3, 0.4) is 0 Å². The second kappa shape index (κ2) is 6.76. The Kier molecular flexibility index (Phi) is 4.97. The van der Waals surface area contributed by atoms with E-state index in [0.29, 0.717) is 5.69 Å². The molecule has 0 spiro atoms. The molecule has 23 heavy (non-hydrogen) atoms. The van der Waals surface area contributed by atoms with Gasteiger partial charge in [0.2, 0.25) is 0 Å². The molecule has 1 heterocycles. The number of non-ortho nitro benzene ring substituents is 1. The van der Waals surface area contributed by atoms with E-state index in [1.54, 1.807) is 6.92 Å². The maximum Gasteiger partial charge on any atom is 0.270 e.